The summed E-state index contributed by atoms with van der Waals surface area (Å²) in [4.78, 5) is 12.6. The van der Waals surface area contributed by atoms with Gasteiger partial charge in [0.2, 0.25) is 5.78 Å². The monoisotopic (exact) mass is 440 g/mol. The Balaban J connectivity index is 1.90. The lowest BCUT2D eigenvalue weighted by Crippen LogP contribution is -2.36. The zero-order valence-electron chi connectivity index (χ0n) is 18.3. The highest BCUT2D eigenvalue weighted by Crippen LogP contribution is 2.43. The molecule has 170 valence electrons. The number of benzene rings is 2. The number of aromatic hydroxyl groups is 4. The van der Waals surface area contributed by atoms with E-state index in [4.69, 9.17) is 4.74 Å². The van der Waals surface area contributed by atoms with Gasteiger partial charge in [-0.1, -0.05) is 23.3 Å². The Kier molecular flexibility index (Phi) is 6.79. The van der Waals surface area contributed by atoms with Crippen LogP contribution in [0.5, 0.6) is 28.7 Å². The molecular formula is C25H28O7. The lowest BCUT2D eigenvalue weighted by atomic mass is 9.91. The summed E-state index contributed by atoms with van der Waals surface area (Å²) in [6.07, 6.45) is 3.37. The van der Waals surface area contributed by atoms with Crippen LogP contribution in [0, 0.1) is 0 Å². The van der Waals surface area contributed by atoms with Crippen LogP contribution in [-0.2, 0) is 6.42 Å². The number of ether oxygens (including phenoxy) is 1. The number of aliphatic hydroxyl groups is 1. The molecule has 1 aliphatic rings. The third-order valence-corrected chi connectivity index (χ3v) is 5.40. The van der Waals surface area contributed by atoms with Gasteiger partial charge in [-0.05, 0) is 57.7 Å². The van der Waals surface area contributed by atoms with Gasteiger partial charge >= 0.3 is 0 Å². The Morgan fingerprint density at radius 3 is 2.41 bits per heavy atom. The predicted molar refractivity (Wildman–Crippen MR) is 119 cm³/mol. The molecule has 2 atom stereocenters. The van der Waals surface area contributed by atoms with Crippen LogP contribution in [0.4, 0.5) is 0 Å². The summed E-state index contributed by atoms with van der Waals surface area (Å²) >= 11 is 0. The topological polar surface area (TPSA) is 127 Å². The number of aliphatic hydroxyl groups excluding tert-OH is 1. The van der Waals surface area contributed by atoms with Gasteiger partial charge in [-0.2, -0.15) is 0 Å². The van der Waals surface area contributed by atoms with Gasteiger partial charge in [-0.15, -0.1) is 0 Å². The number of fused-ring (bicyclic) bond motifs is 1. The summed E-state index contributed by atoms with van der Waals surface area (Å²) in [6, 6.07) is 4.94. The van der Waals surface area contributed by atoms with Crippen molar-refractivity contribution in [3.8, 4) is 28.7 Å². The van der Waals surface area contributed by atoms with E-state index in [0.717, 1.165) is 24.5 Å². The van der Waals surface area contributed by atoms with Crippen LogP contribution in [0.3, 0.4) is 0 Å². The van der Waals surface area contributed by atoms with Crippen LogP contribution in [0.2, 0.25) is 0 Å². The maximum absolute atomic E-state index is 12.6. The number of ketones is 1. The fraction of sp³-hybridized carbons (Fsp3) is 0.320. The second-order valence-electron chi connectivity index (χ2n) is 8.31. The molecule has 0 unspecified atom stereocenters. The minimum absolute atomic E-state index is 0.0769. The van der Waals surface area contributed by atoms with Crippen LogP contribution in [0.15, 0.2) is 47.6 Å². The summed E-state index contributed by atoms with van der Waals surface area (Å²) in [7, 11) is 0. The first-order valence-corrected chi connectivity index (χ1v) is 10.4. The molecule has 7 heteroatoms. The molecule has 1 heterocycles. The molecule has 0 radical (unpaired) electrons. The Labute approximate surface area is 186 Å². The normalized spacial score (nSPS) is 18.1. The number of hydrogen-bond acceptors (Lipinski definition) is 7. The minimum Gasteiger partial charge on any atom is -0.508 e. The molecule has 1 aliphatic heterocycles. The van der Waals surface area contributed by atoms with Crippen LogP contribution in [0.1, 0.15) is 61.2 Å². The van der Waals surface area contributed by atoms with Crippen LogP contribution in [-0.4, -0.2) is 37.4 Å². The number of hydrogen-bond donors (Lipinski definition) is 5. The van der Waals surface area contributed by atoms with Gasteiger partial charge in [-0.25, -0.2) is 0 Å². The SMILES string of the molecule is CC(C)=CCCC(C)=CCc1cc([C@H]2Oc3cc(O)cc(O)c3C(=O)[C@@H]2O)cc(O)c1O. The van der Waals surface area contributed by atoms with E-state index in [1.54, 1.807) is 6.07 Å². The molecule has 32 heavy (non-hydrogen) atoms. The van der Waals surface area contributed by atoms with Crippen molar-refractivity contribution in [2.45, 2.75) is 52.2 Å². The Morgan fingerprint density at radius 2 is 1.72 bits per heavy atom. The zero-order valence-corrected chi connectivity index (χ0v) is 18.3. The van der Waals surface area contributed by atoms with Crippen molar-refractivity contribution >= 4 is 5.78 Å². The molecule has 0 aromatic heterocycles. The van der Waals surface area contributed by atoms with Crippen LogP contribution < -0.4 is 4.74 Å². The molecule has 0 saturated heterocycles. The van der Waals surface area contributed by atoms with E-state index in [2.05, 4.69) is 6.08 Å². The van der Waals surface area contributed by atoms with Crippen molar-refractivity contribution in [3.63, 3.8) is 0 Å². The average Bonchev–Trinajstić information content (AvgIpc) is 2.70. The largest absolute Gasteiger partial charge is 0.508 e. The molecule has 0 aliphatic carbocycles. The predicted octanol–water partition coefficient (Wildman–Crippen LogP) is 4.42. The summed E-state index contributed by atoms with van der Waals surface area (Å²) < 4.78 is 5.71. The zero-order chi connectivity index (χ0) is 23.6. The number of Topliss-reactive ketones (excluding diaryl/α,β-unsaturated/α-hetero) is 1. The number of carbonyl (C=O) groups is 1. The van der Waals surface area contributed by atoms with Crippen LogP contribution in [0.25, 0.3) is 0 Å². The first-order valence-electron chi connectivity index (χ1n) is 10.4. The highest BCUT2D eigenvalue weighted by atomic mass is 16.5. The molecular weight excluding hydrogens is 412 g/mol. The number of phenols is 4. The summed E-state index contributed by atoms with van der Waals surface area (Å²) in [5.74, 6) is -2.32. The Morgan fingerprint density at radius 1 is 1.00 bits per heavy atom. The third kappa shape index (κ3) is 4.89. The second kappa shape index (κ2) is 9.36. The number of rotatable bonds is 6. The quantitative estimate of drug-likeness (QED) is 0.332. The van der Waals surface area contributed by atoms with Gasteiger partial charge in [0.25, 0.3) is 0 Å². The molecule has 5 N–H and O–H groups in total. The van der Waals surface area contributed by atoms with Crippen LogP contribution >= 0.6 is 0 Å². The van der Waals surface area contributed by atoms with E-state index in [1.807, 2.05) is 26.8 Å². The smallest absolute Gasteiger partial charge is 0.202 e. The molecule has 0 saturated carbocycles. The first kappa shape index (κ1) is 23.2. The maximum atomic E-state index is 12.6. The van der Waals surface area contributed by atoms with E-state index >= 15 is 0 Å². The molecule has 2 aromatic rings. The van der Waals surface area contributed by atoms with Gasteiger partial charge in [0.1, 0.15) is 22.8 Å². The van der Waals surface area contributed by atoms with Crippen molar-refractivity contribution in [1.29, 1.82) is 0 Å². The summed E-state index contributed by atoms with van der Waals surface area (Å²) in [5, 5.41) is 50.8. The maximum Gasteiger partial charge on any atom is 0.202 e. The van der Waals surface area contributed by atoms with Gasteiger partial charge in [0.05, 0.1) is 0 Å². The molecule has 0 fully saturated rings. The fourth-order valence-corrected chi connectivity index (χ4v) is 3.66. The second-order valence-corrected chi connectivity index (χ2v) is 8.31. The van der Waals surface area contributed by atoms with Crippen molar-refractivity contribution < 1.29 is 35.1 Å². The summed E-state index contributed by atoms with van der Waals surface area (Å²) in [6.45, 7) is 6.07. The van der Waals surface area contributed by atoms with Gasteiger partial charge < -0.3 is 30.3 Å². The highest BCUT2D eigenvalue weighted by molar-refractivity contribution is 6.05. The number of carbonyl (C=O) groups excluding carboxylic acids is 1. The van der Waals surface area contributed by atoms with Crippen molar-refractivity contribution in [2.24, 2.45) is 0 Å². The lowest BCUT2D eigenvalue weighted by molar-refractivity contribution is 0.0209. The fourth-order valence-electron chi connectivity index (χ4n) is 3.66. The van der Waals surface area contributed by atoms with E-state index in [9.17, 15) is 30.3 Å². The van der Waals surface area contributed by atoms with Crippen molar-refractivity contribution in [1.82, 2.24) is 0 Å². The molecule has 3 rings (SSSR count). The Bertz CT molecular complexity index is 1090. The molecule has 0 bridgehead atoms. The van der Waals surface area contributed by atoms with Crippen molar-refractivity contribution in [3.05, 3.63) is 64.3 Å². The van der Waals surface area contributed by atoms with E-state index in [0.29, 0.717) is 12.0 Å². The first-order chi connectivity index (χ1) is 15.1. The highest BCUT2D eigenvalue weighted by Gasteiger charge is 2.39. The lowest BCUT2D eigenvalue weighted by Gasteiger charge is -2.30. The van der Waals surface area contributed by atoms with E-state index < -0.39 is 29.5 Å². The minimum atomic E-state index is -1.64. The third-order valence-electron chi connectivity index (χ3n) is 5.40. The average molecular weight is 440 g/mol. The molecule has 7 nitrogen and oxygen atoms in total. The standard InChI is InChI=1S/C25H28O7/c1-13(2)5-4-6-14(3)7-8-15-9-16(10-19(28)22(15)29)25-24(31)23(30)21-18(27)11-17(26)12-20(21)32-25/h5,7,9-12,24-29,31H,4,6,8H2,1-3H3/t24-,25+/m0/s1. The van der Waals surface area contributed by atoms with E-state index in [1.165, 1.54) is 17.7 Å². The van der Waals surface area contributed by atoms with E-state index in [-0.39, 0.29) is 28.4 Å². The number of allylic oxidation sites excluding steroid dienone is 4. The molecule has 0 spiro atoms. The van der Waals surface area contributed by atoms with Gasteiger partial charge in [0, 0.05) is 17.7 Å². The molecule has 0 amide bonds. The van der Waals surface area contributed by atoms with Gasteiger partial charge in [0.15, 0.2) is 23.7 Å². The summed E-state index contributed by atoms with van der Waals surface area (Å²) in [5.41, 5.74) is 2.84. The van der Waals surface area contributed by atoms with Gasteiger partial charge in [-0.3, -0.25) is 4.79 Å². The Hall–Kier alpha value is -3.45. The molecule has 2 aromatic carbocycles. The van der Waals surface area contributed by atoms with Crippen molar-refractivity contribution in [2.75, 3.05) is 0 Å². The number of phenolic OH excluding ortho intramolecular Hbond substituents is 4.